The van der Waals surface area contributed by atoms with Gasteiger partial charge in [-0.05, 0) is 19.4 Å². The highest BCUT2D eigenvalue weighted by Gasteiger charge is 1.91. The number of hydrogen-bond acceptors (Lipinski definition) is 2. The van der Waals surface area contributed by atoms with Gasteiger partial charge in [0, 0.05) is 13.1 Å². The van der Waals surface area contributed by atoms with E-state index in [0.717, 1.165) is 5.57 Å². The standard InChI is InChI=1S/C8H14N2O/c1-4-6(2)8(9)5-10-7(3)11/h4-5H,9H2,1-3H3,(H,10,11)/b6-4-,8-5?. The molecule has 3 nitrogen and oxygen atoms in total. The lowest BCUT2D eigenvalue weighted by Gasteiger charge is -1.99. The number of nitrogens with one attached hydrogen (secondary N) is 1. The molecule has 3 N–H and O–H groups in total. The number of nitrogens with two attached hydrogens (primary N) is 1. The summed E-state index contributed by atoms with van der Waals surface area (Å²) in [6.07, 6.45) is 3.38. The van der Waals surface area contributed by atoms with Crippen molar-refractivity contribution in [2.45, 2.75) is 20.8 Å². The van der Waals surface area contributed by atoms with Crippen molar-refractivity contribution in [1.82, 2.24) is 5.32 Å². The Morgan fingerprint density at radius 3 is 2.36 bits per heavy atom. The van der Waals surface area contributed by atoms with Gasteiger partial charge < -0.3 is 11.1 Å². The van der Waals surface area contributed by atoms with Crippen molar-refractivity contribution in [3.8, 4) is 0 Å². The molecule has 1 amide bonds. The van der Waals surface area contributed by atoms with E-state index in [-0.39, 0.29) is 5.91 Å². The topological polar surface area (TPSA) is 55.1 Å². The maximum Gasteiger partial charge on any atom is 0.220 e. The fourth-order valence-electron chi connectivity index (χ4n) is 0.460. The van der Waals surface area contributed by atoms with Crippen molar-refractivity contribution in [1.29, 1.82) is 0 Å². The molecule has 0 unspecified atom stereocenters. The first-order chi connectivity index (χ1) is 5.07. The first-order valence-electron chi connectivity index (χ1n) is 3.44. The van der Waals surface area contributed by atoms with Gasteiger partial charge >= 0.3 is 0 Å². The molecular formula is C8H14N2O. The van der Waals surface area contributed by atoms with Crippen LogP contribution < -0.4 is 11.1 Å². The fraction of sp³-hybridized carbons (Fsp3) is 0.375. The van der Waals surface area contributed by atoms with E-state index in [0.29, 0.717) is 5.70 Å². The Labute approximate surface area is 67.0 Å². The van der Waals surface area contributed by atoms with Crippen LogP contribution in [0.2, 0.25) is 0 Å². The SMILES string of the molecule is C/C=C(/C)C(N)=CNC(C)=O. The van der Waals surface area contributed by atoms with Gasteiger partial charge in [-0.3, -0.25) is 4.79 Å². The minimum absolute atomic E-state index is 0.114. The van der Waals surface area contributed by atoms with Crippen molar-refractivity contribution in [2.75, 3.05) is 0 Å². The van der Waals surface area contributed by atoms with E-state index < -0.39 is 0 Å². The number of hydrogen-bond donors (Lipinski definition) is 2. The quantitative estimate of drug-likeness (QED) is 0.580. The van der Waals surface area contributed by atoms with E-state index in [4.69, 9.17) is 5.73 Å². The predicted molar refractivity (Wildman–Crippen MR) is 45.5 cm³/mol. The maximum atomic E-state index is 10.4. The highest BCUT2D eigenvalue weighted by molar-refractivity contribution is 5.74. The van der Waals surface area contributed by atoms with Gasteiger partial charge in [0.15, 0.2) is 0 Å². The molecule has 0 aliphatic heterocycles. The van der Waals surface area contributed by atoms with Gasteiger partial charge in [0.05, 0.1) is 5.70 Å². The molecule has 0 aliphatic carbocycles. The van der Waals surface area contributed by atoms with Crippen LogP contribution in [0.3, 0.4) is 0 Å². The Bertz CT molecular complexity index is 204. The third-order valence-electron chi connectivity index (χ3n) is 1.32. The number of amides is 1. The molecule has 0 aliphatic rings. The largest absolute Gasteiger partial charge is 0.397 e. The summed E-state index contributed by atoms with van der Waals surface area (Å²) in [5.41, 5.74) is 7.10. The van der Waals surface area contributed by atoms with Crippen molar-refractivity contribution in [3.63, 3.8) is 0 Å². The van der Waals surface area contributed by atoms with Gasteiger partial charge in [-0.25, -0.2) is 0 Å². The van der Waals surface area contributed by atoms with Crippen molar-refractivity contribution in [2.24, 2.45) is 5.73 Å². The van der Waals surface area contributed by atoms with Crippen molar-refractivity contribution < 1.29 is 4.79 Å². The normalized spacial score (nSPS) is 13.0. The third-order valence-corrected chi connectivity index (χ3v) is 1.32. The molecule has 11 heavy (non-hydrogen) atoms. The van der Waals surface area contributed by atoms with E-state index in [1.165, 1.54) is 13.1 Å². The molecule has 0 aromatic heterocycles. The molecule has 0 aromatic carbocycles. The summed E-state index contributed by atoms with van der Waals surface area (Å²) < 4.78 is 0. The lowest BCUT2D eigenvalue weighted by atomic mass is 10.2. The smallest absolute Gasteiger partial charge is 0.220 e. The lowest BCUT2D eigenvalue weighted by molar-refractivity contribution is -0.118. The van der Waals surface area contributed by atoms with Crippen LogP contribution in [0.15, 0.2) is 23.5 Å². The van der Waals surface area contributed by atoms with E-state index in [1.807, 2.05) is 19.9 Å². The Morgan fingerprint density at radius 1 is 1.45 bits per heavy atom. The third kappa shape index (κ3) is 4.19. The minimum Gasteiger partial charge on any atom is -0.397 e. The number of rotatable bonds is 2. The van der Waals surface area contributed by atoms with E-state index in [1.54, 1.807) is 0 Å². The van der Waals surface area contributed by atoms with Crippen LogP contribution in [0.25, 0.3) is 0 Å². The molecule has 0 saturated carbocycles. The molecule has 62 valence electrons. The van der Waals surface area contributed by atoms with Crippen LogP contribution in [0.1, 0.15) is 20.8 Å². The second-order valence-electron chi connectivity index (χ2n) is 2.27. The lowest BCUT2D eigenvalue weighted by Crippen LogP contribution is -2.15. The van der Waals surface area contributed by atoms with Gasteiger partial charge in [-0.1, -0.05) is 6.08 Å². The molecule has 3 heteroatoms. The summed E-state index contributed by atoms with van der Waals surface area (Å²) in [6.45, 7) is 5.21. The van der Waals surface area contributed by atoms with Crippen LogP contribution in [-0.2, 0) is 4.79 Å². The molecule has 0 rings (SSSR count). The van der Waals surface area contributed by atoms with Gasteiger partial charge in [0.25, 0.3) is 0 Å². The van der Waals surface area contributed by atoms with Gasteiger partial charge in [0.2, 0.25) is 5.91 Å². The summed E-state index contributed by atoms with van der Waals surface area (Å²) in [5, 5.41) is 2.49. The Kier molecular flexibility index (Phi) is 4.03. The average molecular weight is 154 g/mol. The highest BCUT2D eigenvalue weighted by Crippen LogP contribution is 1.99. The monoisotopic (exact) mass is 154 g/mol. The number of carbonyl (C=O) groups is 1. The fourth-order valence-corrected chi connectivity index (χ4v) is 0.460. The van der Waals surface area contributed by atoms with Gasteiger partial charge in [-0.15, -0.1) is 0 Å². The summed E-state index contributed by atoms with van der Waals surface area (Å²) in [4.78, 5) is 10.4. The zero-order chi connectivity index (χ0) is 8.85. The second-order valence-corrected chi connectivity index (χ2v) is 2.27. The maximum absolute atomic E-state index is 10.4. The van der Waals surface area contributed by atoms with Crippen molar-refractivity contribution in [3.05, 3.63) is 23.5 Å². The molecule has 0 atom stereocenters. The van der Waals surface area contributed by atoms with E-state index >= 15 is 0 Å². The minimum atomic E-state index is -0.114. The van der Waals surface area contributed by atoms with E-state index in [9.17, 15) is 4.79 Å². The van der Waals surface area contributed by atoms with Crippen LogP contribution >= 0.6 is 0 Å². The van der Waals surface area contributed by atoms with Crippen molar-refractivity contribution >= 4 is 5.91 Å². The molecule has 0 fully saturated rings. The van der Waals surface area contributed by atoms with Gasteiger partial charge in [0.1, 0.15) is 0 Å². The zero-order valence-electron chi connectivity index (χ0n) is 7.14. The summed E-state index contributed by atoms with van der Waals surface area (Å²) in [6, 6.07) is 0. The summed E-state index contributed by atoms with van der Waals surface area (Å²) in [5.74, 6) is -0.114. The first kappa shape index (κ1) is 9.75. The van der Waals surface area contributed by atoms with Crippen LogP contribution in [0.4, 0.5) is 0 Å². The summed E-state index contributed by atoms with van der Waals surface area (Å²) in [7, 11) is 0. The Balaban J connectivity index is 4.12. The molecule has 0 radical (unpaired) electrons. The molecule has 0 spiro atoms. The van der Waals surface area contributed by atoms with Crippen LogP contribution in [-0.4, -0.2) is 5.91 Å². The first-order valence-corrected chi connectivity index (χ1v) is 3.44. The molecule has 0 heterocycles. The molecular weight excluding hydrogens is 140 g/mol. The Hall–Kier alpha value is -1.25. The molecule has 0 bridgehead atoms. The predicted octanol–water partition coefficient (Wildman–Crippen LogP) is 0.889. The van der Waals surface area contributed by atoms with Crippen LogP contribution in [0, 0.1) is 0 Å². The zero-order valence-corrected chi connectivity index (χ0v) is 7.14. The average Bonchev–Trinajstić information content (AvgIpc) is 1.98. The van der Waals surface area contributed by atoms with Crippen LogP contribution in [0.5, 0.6) is 0 Å². The van der Waals surface area contributed by atoms with E-state index in [2.05, 4.69) is 5.32 Å². The number of allylic oxidation sites excluding steroid dienone is 2. The molecule has 0 aromatic rings. The second kappa shape index (κ2) is 4.55. The number of carbonyl (C=O) groups excluding carboxylic acids is 1. The summed E-state index contributed by atoms with van der Waals surface area (Å²) >= 11 is 0. The Morgan fingerprint density at radius 2 is 2.00 bits per heavy atom. The van der Waals surface area contributed by atoms with Gasteiger partial charge in [-0.2, -0.15) is 0 Å². The molecule has 0 saturated heterocycles. The highest BCUT2D eigenvalue weighted by atomic mass is 16.1.